The van der Waals surface area contributed by atoms with Crippen molar-refractivity contribution in [2.45, 2.75) is 240 Å². The summed E-state index contributed by atoms with van der Waals surface area (Å²) >= 11 is 0. The number of aliphatic carboxylic acids is 1. The maximum atomic E-state index is 11.5. The Bertz CT molecular complexity index is 1610. The van der Waals surface area contributed by atoms with E-state index in [9.17, 15) is 15.0 Å². The second-order valence-corrected chi connectivity index (χ2v) is 44.7. The predicted octanol–water partition coefficient (Wildman–Crippen LogP) is 16.3. The Morgan fingerprint density at radius 1 is 0.545 bits per heavy atom. The quantitative estimate of drug-likeness (QED) is 0.0366. The highest BCUT2D eigenvalue weighted by molar-refractivity contribution is 6.75. The molecule has 0 aliphatic heterocycles. The van der Waals surface area contributed by atoms with E-state index >= 15 is 0 Å². The van der Waals surface area contributed by atoms with Crippen LogP contribution in [0.3, 0.4) is 0 Å². The summed E-state index contributed by atoms with van der Waals surface area (Å²) < 4.78 is 29.0. The standard InChI is InChI=1S/C55H106O7Si4/c1-27-28-33-42(3)50(58)45(6)47(60-64(21,22)53(10,11)12)36-31-29-35-43(4)51(62-66(25,26)55(16,17)18)44(5)38-39-46(59-63(19,20)52(7,8)9)40-48(61-65(23,24)54(13,14)15)41(2)34-30-32-37-49(56)57/h27-30,32-35,37-39,41-48,50-51,58H,1,31,36,40H2,2-26H3,(H,56,57)/b33-28-,34-30+,35-29-,37-32-,39-38-/t41-,42+,43+,44+,45+,46-,47-,48+,50+,51-/m1/s1. The van der Waals surface area contributed by atoms with E-state index in [2.05, 4.69) is 207 Å². The molecule has 0 amide bonds. The minimum atomic E-state index is -2.23. The Balaban J connectivity index is 7.23. The van der Waals surface area contributed by atoms with Gasteiger partial charge in [0.05, 0.1) is 30.5 Å². The Kier molecular flexibility index (Phi) is 25.6. The molecule has 384 valence electrons. The molecular weight excluding hydrogens is 885 g/mol. The van der Waals surface area contributed by atoms with Crippen LogP contribution in [0.5, 0.6) is 0 Å². The van der Waals surface area contributed by atoms with Gasteiger partial charge in [-0.05, 0) is 103 Å². The van der Waals surface area contributed by atoms with Gasteiger partial charge in [0, 0.05) is 24.3 Å². The van der Waals surface area contributed by atoms with Gasteiger partial charge in [0.2, 0.25) is 0 Å². The summed E-state index contributed by atoms with van der Waals surface area (Å²) in [5.41, 5.74) is 0. The molecule has 0 fully saturated rings. The highest BCUT2D eigenvalue weighted by Gasteiger charge is 2.45. The minimum absolute atomic E-state index is 0.00629. The minimum Gasteiger partial charge on any atom is -0.478 e. The predicted molar refractivity (Wildman–Crippen MR) is 297 cm³/mol. The van der Waals surface area contributed by atoms with Crippen molar-refractivity contribution >= 4 is 39.2 Å². The third kappa shape index (κ3) is 21.3. The summed E-state index contributed by atoms with van der Waals surface area (Å²) in [5, 5.41) is 20.8. The summed E-state index contributed by atoms with van der Waals surface area (Å²) in [5.74, 6) is -0.799. The molecule has 10 atom stereocenters. The fraction of sp³-hybridized carbons (Fsp3) is 0.764. The van der Waals surface area contributed by atoms with E-state index in [0.717, 1.165) is 12.8 Å². The van der Waals surface area contributed by atoms with Gasteiger partial charge in [-0.1, -0.05) is 185 Å². The summed E-state index contributed by atoms with van der Waals surface area (Å²) in [6.07, 6.45) is 23.0. The van der Waals surface area contributed by atoms with Crippen molar-refractivity contribution in [2.75, 3.05) is 0 Å². The van der Waals surface area contributed by atoms with Crippen molar-refractivity contribution in [1.29, 1.82) is 0 Å². The lowest BCUT2D eigenvalue weighted by molar-refractivity contribution is -0.131. The van der Waals surface area contributed by atoms with Crippen LogP contribution in [0.15, 0.2) is 73.4 Å². The summed E-state index contributed by atoms with van der Waals surface area (Å²) in [7, 11) is -8.76. The number of carboxylic acids is 1. The van der Waals surface area contributed by atoms with Gasteiger partial charge in [-0.15, -0.1) is 0 Å². The normalized spacial score (nSPS) is 19.4. The Labute approximate surface area is 413 Å². The van der Waals surface area contributed by atoms with Crippen molar-refractivity contribution < 1.29 is 32.7 Å². The number of aliphatic hydroxyl groups is 1. The first-order chi connectivity index (χ1) is 29.5. The topological polar surface area (TPSA) is 94.5 Å². The maximum absolute atomic E-state index is 11.5. The number of aliphatic hydroxyl groups excluding tert-OH is 1. The first-order valence-corrected chi connectivity index (χ1v) is 36.8. The van der Waals surface area contributed by atoms with E-state index in [1.807, 2.05) is 18.2 Å². The van der Waals surface area contributed by atoms with E-state index in [0.29, 0.717) is 6.42 Å². The van der Waals surface area contributed by atoms with Gasteiger partial charge in [0.1, 0.15) is 0 Å². The van der Waals surface area contributed by atoms with Gasteiger partial charge in [0.15, 0.2) is 33.3 Å². The van der Waals surface area contributed by atoms with Crippen LogP contribution < -0.4 is 0 Å². The average Bonchev–Trinajstić information content (AvgIpc) is 3.14. The molecule has 11 heteroatoms. The lowest BCUT2D eigenvalue weighted by atomic mass is 9.87. The Hall–Kier alpha value is -1.42. The summed E-state index contributed by atoms with van der Waals surface area (Å²) in [6.45, 7) is 60.8. The zero-order chi connectivity index (χ0) is 52.1. The van der Waals surface area contributed by atoms with Crippen LogP contribution in [0, 0.1) is 29.6 Å². The largest absolute Gasteiger partial charge is 0.478 e. The van der Waals surface area contributed by atoms with E-state index in [1.165, 1.54) is 6.08 Å². The fourth-order valence-electron chi connectivity index (χ4n) is 6.73. The second kappa shape index (κ2) is 26.1. The molecule has 0 radical (unpaired) electrons. The van der Waals surface area contributed by atoms with E-state index in [4.69, 9.17) is 17.7 Å². The van der Waals surface area contributed by atoms with Gasteiger partial charge in [0.25, 0.3) is 0 Å². The zero-order valence-electron chi connectivity index (χ0n) is 47.4. The maximum Gasteiger partial charge on any atom is 0.328 e. The summed E-state index contributed by atoms with van der Waals surface area (Å²) in [4.78, 5) is 11.2. The van der Waals surface area contributed by atoms with Gasteiger partial charge < -0.3 is 27.9 Å². The smallest absolute Gasteiger partial charge is 0.328 e. The molecule has 0 saturated heterocycles. The molecule has 0 aromatic rings. The van der Waals surface area contributed by atoms with Crippen molar-refractivity contribution in [1.82, 2.24) is 0 Å². The lowest BCUT2D eigenvalue weighted by Gasteiger charge is -2.43. The highest BCUT2D eigenvalue weighted by atomic mass is 28.4. The number of rotatable bonds is 27. The average molecular weight is 992 g/mol. The number of carboxylic acid groups (broad SMARTS) is 1. The lowest BCUT2D eigenvalue weighted by Crippen LogP contribution is -2.48. The Morgan fingerprint density at radius 3 is 1.42 bits per heavy atom. The number of hydrogen-bond acceptors (Lipinski definition) is 6. The van der Waals surface area contributed by atoms with Gasteiger partial charge >= 0.3 is 5.97 Å². The molecule has 0 unspecified atom stereocenters. The molecule has 0 spiro atoms. The molecule has 0 rings (SSSR count). The zero-order valence-corrected chi connectivity index (χ0v) is 51.4. The molecule has 0 saturated carbocycles. The molecule has 0 aliphatic carbocycles. The molecule has 0 aromatic carbocycles. The number of carbonyl (C=O) groups is 1. The van der Waals surface area contributed by atoms with E-state index in [-0.39, 0.29) is 74.2 Å². The van der Waals surface area contributed by atoms with Gasteiger partial charge in [-0.25, -0.2) is 4.79 Å². The number of hydrogen-bond donors (Lipinski definition) is 2. The van der Waals surface area contributed by atoms with E-state index in [1.54, 1.807) is 12.2 Å². The molecule has 2 N–H and O–H groups in total. The highest BCUT2D eigenvalue weighted by Crippen LogP contribution is 2.43. The van der Waals surface area contributed by atoms with Crippen LogP contribution in [-0.2, 0) is 22.5 Å². The van der Waals surface area contributed by atoms with E-state index < -0.39 is 45.3 Å². The summed E-state index contributed by atoms with van der Waals surface area (Å²) in [6, 6.07) is 0. The van der Waals surface area contributed by atoms with Crippen molar-refractivity contribution in [2.24, 2.45) is 29.6 Å². The van der Waals surface area contributed by atoms with Crippen LogP contribution in [0.25, 0.3) is 0 Å². The van der Waals surface area contributed by atoms with Crippen LogP contribution in [0.2, 0.25) is 72.5 Å². The fourth-order valence-corrected chi connectivity index (χ4v) is 12.3. The molecular formula is C55H106O7Si4. The SMILES string of the molecule is C=C/C=C\[C@H](C)[C@H](O)[C@@H](C)[C@@H](CC/C=C\[C@H](C)[C@@H](O[Si](C)(C)C(C)(C)C)[C@@H](C)/C=C\[C@H](C[C@H](O[Si](C)(C)C(C)(C)C)[C@H](C)/C=C/C=C\C(=O)O)O[Si](C)(C)C(C)(C)C)O[Si](C)(C)C(C)(C)C. The van der Waals surface area contributed by atoms with Crippen LogP contribution >= 0.6 is 0 Å². The first-order valence-electron chi connectivity index (χ1n) is 25.2. The van der Waals surface area contributed by atoms with Crippen LogP contribution in [0.1, 0.15) is 137 Å². The van der Waals surface area contributed by atoms with Gasteiger partial charge in [-0.3, -0.25) is 0 Å². The van der Waals surface area contributed by atoms with Crippen LogP contribution in [0.4, 0.5) is 0 Å². The van der Waals surface area contributed by atoms with Crippen molar-refractivity contribution in [3.63, 3.8) is 0 Å². The molecule has 66 heavy (non-hydrogen) atoms. The third-order valence-electron chi connectivity index (χ3n) is 15.7. The third-order valence-corrected chi connectivity index (χ3v) is 33.7. The molecule has 0 bridgehead atoms. The number of allylic oxidation sites excluding steroid dienone is 5. The Morgan fingerprint density at radius 2 is 0.970 bits per heavy atom. The first kappa shape index (κ1) is 64.6. The second-order valence-electron chi connectivity index (χ2n) is 25.7. The molecule has 0 heterocycles. The molecule has 7 nitrogen and oxygen atoms in total. The van der Waals surface area contributed by atoms with Crippen molar-refractivity contribution in [3.05, 3.63) is 73.4 Å². The monoisotopic (exact) mass is 991 g/mol. The molecule has 0 aliphatic rings. The van der Waals surface area contributed by atoms with Crippen molar-refractivity contribution in [3.8, 4) is 0 Å². The molecule has 0 aromatic heterocycles. The van der Waals surface area contributed by atoms with Crippen LogP contribution in [-0.4, -0.2) is 80.0 Å². The van der Waals surface area contributed by atoms with Gasteiger partial charge in [-0.2, -0.15) is 0 Å².